The highest BCUT2D eigenvalue weighted by atomic mass is 16.1. The number of nitrogens with two attached hydrogens (primary N) is 1. The lowest BCUT2D eigenvalue weighted by Gasteiger charge is -2.11. The number of nitrogens with zero attached hydrogens (tertiary/aromatic N) is 1. The van der Waals surface area contributed by atoms with E-state index in [-0.39, 0.29) is 11.0 Å². The molecular weight excluding hydrogens is 140 g/mol. The van der Waals surface area contributed by atoms with Gasteiger partial charge in [-0.1, -0.05) is 26.8 Å². The molecule has 11 heavy (non-hydrogen) atoms. The van der Waals surface area contributed by atoms with Crippen molar-refractivity contribution >= 4 is 5.91 Å². The van der Waals surface area contributed by atoms with Crippen LogP contribution >= 0.6 is 0 Å². The lowest BCUT2D eigenvalue weighted by Crippen LogP contribution is -2.15. The number of hydrogen-bond donors (Lipinski definition) is 1. The monoisotopic (exact) mass is 152 g/mol. The van der Waals surface area contributed by atoms with Gasteiger partial charge < -0.3 is 5.73 Å². The topological polar surface area (TPSA) is 66.9 Å². The van der Waals surface area contributed by atoms with Crippen LogP contribution in [0.25, 0.3) is 0 Å². The van der Waals surface area contributed by atoms with Gasteiger partial charge in [0.1, 0.15) is 11.6 Å². The molecule has 0 bridgehead atoms. The highest BCUT2D eigenvalue weighted by molar-refractivity contribution is 5.95. The van der Waals surface area contributed by atoms with Gasteiger partial charge in [-0.25, -0.2) is 0 Å². The first-order valence-electron chi connectivity index (χ1n) is 3.29. The van der Waals surface area contributed by atoms with Crippen LogP contribution in [-0.2, 0) is 4.79 Å². The molecule has 0 aliphatic carbocycles. The summed E-state index contributed by atoms with van der Waals surface area (Å²) in [5.41, 5.74) is 4.77. The predicted molar refractivity (Wildman–Crippen MR) is 42.3 cm³/mol. The molecule has 0 atom stereocenters. The molecule has 0 fully saturated rings. The number of allylic oxidation sites excluding steroid dienone is 1. The largest absolute Gasteiger partial charge is 0.365 e. The summed E-state index contributed by atoms with van der Waals surface area (Å²) in [6.45, 7) is 5.69. The molecule has 0 aliphatic heterocycles. The fraction of sp³-hybridized carbons (Fsp3) is 0.500. The molecule has 0 heterocycles. The van der Waals surface area contributed by atoms with Crippen LogP contribution in [0.15, 0.2) is 11.6 Å². The molecule has 0 rings (SSSR count). The van der Waals surface area contributed by atoms with Gasteiger partial charge in [-0.3, -0.25) is 4.79 Å². The SMILES string of the molecule is CC(C)(C)/C=C(\C#N)C(N)=O. The first kappa shape index (κ1) is 9.70. The van der Waals surface area contributed by atoms with Gasteiger partial charge in [-0.2, -0.15) is 5.26 Å². The smallest absolute Gasteiger partial charge is 0.259 e. The summed E-state index contributed by atoms with van der Waals surface area (Å²) < 4.78 is 0. The minimum Gasteiger partial charge on any atom is -0.365 e. The number of amides is 1. The average molecular weight is 152 g/mol. The van der Waals surface area contributed by atoms with Crippen LogP contribution in [0.4, 0.5) is 0 Å². The van der Waals surface area contributed by atoms with Crippen LogP contribution in [0.2, 0.25) is 0 Å². The molecule has 0 saturated heterocycles. The maximum atomic E-state index is 10.5. The van der Waals surface area contributed by atoms with Gasteiger partial charge in [-0.15, -0.1) is 0 Å². The Hall–Kier alpha value is -1.30. The summed E-state index contributed by atoms with van der Waals surface area (Å²) in [6.07, 6.45) is 1.56. The quantitative estimate of drug-likeness (QED) is 0.449. The Balaban J connectivity index is 4.68. The van der Waals surface area contributed by atoms with Crippen molar-refractivity contribution in [2.45, 2.75) is 20.8 Å². The lowest BCUT2D eigenvalue weighted by molar-refractivity contribution is -0.114. The van der Waals surface area contributed by atoms with E-state index < -0.39 is 5.91 Å². The fourth-order valence-electron chi connectivity index (χ4n) is 0.592. The standard InChI is InChI=1S/C8H12N2O/c1-8(2,3)4-6(5-9)7(10)11/h4H,1-3H3,(H2,10,11)/b6-4+. The second kappa shape index (κ2) is 3.20. The number of rotatable bonds is 1. The highest BCUT2D eigenvalue weighted by Gasteiger charge is 2.11. The van der Waals surface area contributed by atoms with E-state index in [1.54, 1.807) is 12.1 Å². The molecule has 0 spiro atoms. The second-order valence-corrected chi connectivity index (χ2v) is 3.40. The van der Waals surface area contributed by atoms with Crippen molar-refractivity contribution in [3.05, 3.63) is 11.6 Å². The first-order chi connectivity index (χ1) is 4.87. The number of hydrogen-bond acceptors (Lipinski definition) is 2. The lowest BCUT2D eigenvalue weighted by atomic mass is 9.94. The summed E-state index contributed by atoms with van der Waals surface area (Å²) >= 11 is 0. The summed E-state index contributed by atoms with van der Waals surface area (Å²) in [6, 6.07) is 1.74. The van der Waals surface area contributed by atoms with E-state index >= 15 is 0 Å². The third-order valence-electron chi connectivity index (χ3n) is 0.963. The van der Waals surface area contributed by atoms with E-state index in [2.05, 4.69) is 0 Å². The molecule has 0 aromatic carbocycles. The maximum absolute atomic E-state index is 10.5. The Labute approximate surface area is 66.5 Å². The number of carbonyl (C=O) groups excluding carboxylic acids is 1. The molecule has 0 unspecified atom stereocenters. The van der Waals surface area contributed by atoms with Crippen molar-refractivity contribution in [1.29, 1.82) is 5.26 Å². The summed E-state index contributed by atoms with van der Waals surface area (Å²) in [5, 5.41) is 8.44. The molecule has 0 aromatic heterocycles. The zero-order valence-corrected chi connectivity index (χ0v) is 7.01. The van der Waals surface area contributed by atoms with Gasteiger partial charge in [-0.05, 0) is 5.41 Å². The second-order valence-electron chi connectivity index (χ2n) is 3.40. The highest BCUT2D eigenvalue weighted by Crippen LogP contribution is 2.16. The molecule has 0 saturated carbocycles. The van der Waals surface area contributed by atoms with Gasteiger partial charge in [0.2, 0.25) is 0 Å². The van der Waals surface area contributed by atoms with E-state index in [0.29, 0.717) is 0 Å². The zero-order valence-electron chi connectivity index (χ0n) is 7.01. The van der Waals surface area contributed by atoms with Gasteiger partial charge >= 0.3 is 0 Å². The number of nitriles is 1. The molecule has 0 aliphatic rings. The molecule has 3 nitrogen and oxygen atoms in total. The zero-order chi connectivity index (χ0) is 9.07. The Morgan fingerprint density at radius 1 is 1.55 bits per heavy atom. The summed E-state index contributed by atoms with van der Waals surface area (Å²) in [4.78, 5) is 10.5. The van der Waals surface area contributed by atoms with Crippen LogP contribution in [0.1, 0.15) is 20.8 Å². The molecular formula is C8H12N2O. The summed E-state index contributed by atoms with van der Waals surface area (Å²) in [5.74, 6) is -0.664. The molecule has 1 amide bonds. The van der Waals surface area contributed by atoms with E-state index in [1.807, 2.05) is 20.8 Å². The Bertz CT molecular complexity index is 227. The van der Waals surface area contributed by atoms with E-state index in [4.69, 9.17) is 11.0 Å². The van der Waals surface area contributed by atoms with Crippen LogP contribution in [0, 0.1) is 16.7 Å². The van der Waals surface area contributed by atoms with Crippen LogP contribution in [0.3, 0.4) is 0 Å². The van der Waals surface area contributed by atoms with Crippen LogP contribution in [0.5, 0.6) is 0 Å². The Morgan fingerprint density at radius 3 is 2.09 bits per heavy atom. The molecule has 0 radical (unpaired) electrons. The molecule has 60 valence electrons. The minimum absolute atomic E-state index is 0.0255. The normalized spacial score (nSPS) is 12.4. The number of primary amides is 1. The van der Waals surface area contributed by atoms with Crippen molar-refractivity contribution in [2.75, 3.05) is 0 Å². The third-order valence-corrected chi connectivity index (χ3v) is 0.963. The number of carbonyl (C=O) groups is 1. The van der Waals surface area contributed by atoms with Crippen molar-refractivity contribution in [1.82, 2.24) is 0 Å². The van der Waals surface area contributed by atoms with Crippen LogP contribution in [-0.4, -0.2) is 5.91 Å². The van der Waals surface area contributed by atoms with Crippen molar-refractivity contribution in [3.8, 4) is 6.07 Å². The van der Waals surface area contributed by atoms with E-state index in [0.717, 1.165) is 0 Å². The average Bonchev–Trinajstić information content (AvgIpc) is 1.80. The van der Waals surface area contributed by atoms with Crippen LogP contribution < -0.4 is 5.73 Å². The van der Waals surface area contributed by atoms with Gasteiger partial charge in [0.25, 0.3) is 5.91 Å². The van der Waals surface area contributed by atoms with E-state index in [1.165, 1.54) is 0 Å². The Kier molecular flexibility index (Phi) is 2.82. The van der Waals surface area contributed by atoms with Gasteiger partial charge in [0, 0.05) is 0 Å². The van der Waals surface area contributed by atoms with Crippen molar-refractivity contribution in [3.63, 3.8) is 0 Å². The Morgan fingerprint density at radius 2 is 2.00 bits per heavy atom. The third kappa shape index (κ3) is 4.15. The predicted octanol–water partition coefficient (Wildman–Crippen LogP) is 0.968. The van der Waals surface area contributed by atoms with E-state index in [9.17, 15) is 4.79 Å². The minimum atomic E-state index is -0.664. The fourth-order valence-corrected chi connectivity index (χ4v) is 0.592. The molecule has 3 heteroatoms. The van der Waals surface area contributed by atoms with Crippen molar-refractivity contribution in [2.24, 2.45) is 11.1 Å². The maximum Gasteiger partial charge on any atom is 0.259 e. The molecule has 0 aromatic rings. The van der Waals surface area contributed by atoms with Gasteiger partial charge in [0.05, 0.1) is 0 Å². The molecule has 2 N–H and O–H groups in total. The summed E-state index contributed by atoms with van der Waals surface area (Å²) in [7, 11) is 0. The first-order valence-corrected chi connectivity index (χ1v) is 3.29. The van der Waals surface area contributed by atoms with Crippen molar-refractivity contribution < 1.29 is 4.79 Å². The van der Waals surface area contributed by atoms with Gasteiger partial charge in [0.15, 0.2) is 0 Å².